The van der Waals surface area contributed by atoms with Crippen LogP contribution < -0.4 is 5.32 Å². The Labute approximate surface area is 225 Å². The highest BCUT2D eigenvalue weighted by Crippen LogP contribution is 2.49. The maximum absolute atomic E-state index is 14.7. The van der Waals surface area contributed by atoms with E-state index in [1.165, 1.54) is 18.2 Å². The number of rotatable bonds is 14. The van der Waals surface area contributed by atoms with E-state index >= 15 is 0 Å². The van der Waals surface area contributed by atoms with Crippen molar-refractivity contribution in [3.63, 3.8) is 0 Å². The highest BCUT2D eigenvalue weighted by molar-refractivity contribution is 7.54. The molecule has 0 aromatic heterocycles. The Balaban J connectivity index is 1.87. The van der Waals surface area contributed by atoms with E-state index in [1.807, 2.05) is 19.2 Å². The van der Waals surface area contributed by atoms with E-state index < -0.39 is 43.8 Å². The lowest BCUT2D eigenvalue weighted by Crippen LogP contribution is -2.36. The molecule has 11 heteroatoms. The Bertz CT molecular complexity index is 1220. The number of hydrogen-bond acceptors (Lipinski definition) is 4. The minimum absolute atomic E-state index is 0.0161. The quantitative estimate of drug-likeness (QED) is 0.109. The van der Waals surface area contributed by atoms with Crippen LogP contribution in [0, 0.1) is 11.6 Å². The molecule has 1 amide bonds. The number of carbonyl (C=O) groups excluding carboxylic acids is 1. The molecule has 1 unspecified atom stereocenters. The zero-order valence-electron chi connectivity index (χ0n) is 22.0. The molecule has 0 bridgehead atoms. The Morgan fingerprint density at radius 2 is 1.62 bits per heavy atom. The predicted molar refractivity (Wildman–Crippen MR) is 140 cm³/mol. The number of carbonyl (C=O) groups is 1. The number of unbranched alkanes of at least 4 members (excludes halogenated alkanes) is 2. The van der Waals surface area contributed by atoms with E-state index in [-0.39, 0.29) is 23.7 Å². The molecule has 0 saturated carbocycles. The summed E-state index contributed by atoms with van der Waals surface area (Å²) < 4.78 is 91.3. The van der Waals surface area contributed by atoms with Gasteiger partial charge in [0.1, 0.15) is 18.2 Å². The van der Waals surface area contributed by atoms with Gasteiger partial charge < -0.3 is 14.4 Å². The molecule has 214 valence electrons. The third-order valence-corrected chi connectivity index (χ3v) is 8.06. The van der Waals surface area contributed by atoms with Crippen LogP contribution in [0.2, 0.25) is 0 Å². The molecule has 0 heterocycles. The molecule has 5 nitrogen and oxygen atoms in total. The van der Waals surface area contributed by atoms with Crippen LogP contribution >= 0.6 is 7.60 Å². The van der Waals surface area contributed by atoms with Crippen LogP contribution in [0.15, 0.2) is 42.5 Å². The van der Waals surface area contributed by atoms with Gasteiger partial charge in [-0.1, -0.05) is 44.9 Å². The van der Waals surface area contributed by atoms with Gasteiger partial charge in [0.05, 0.1) is 25.3 Å². The molecule has 2 aromatic rings. The Morgan fingerprint density at radius 3 is 2.23 bits per heavy atom. The molecule has 1 aliphatic carbocycles. The van der Waals surface area contributed by atoms with Gasteiger partial charge in [-0.25, -0.2) is 8.78 Å². The summed E-state index contributed by atoms with van der Waals surface area (Å²) >= 11 is 0. The van der Waals surface area contributed by atoms with Crippen molar-refractivity contribution in [1.82, 2.24) is 5.32 Å². The van der Waals surface area contributed by atoms with Crippen molar-refractivity contribution in [2.45, 2.75) is 58.0 Å². The fourth-order valence-electron chi connectivity index (χ4n) is 4.40. The van der Waals surface area contributed by atoms with E-state index in [0.29, 0.717) is 29.9 Å². The van der Waals surface area contributed by atoms with Crippen LogP contribution in [0.4, 0.5) is 22.0 Å². The molecule has 2 aromatic carbocycles. The Morgan fingerprint density at radius 1 is 0.974 bits per heavy atom. The first-order valence-electron chi connectivity index (χ1n) is 13.0. The van der Waals surface area contributed by atoms with Crippen molar-refractivity contribution >= 4 is 13.5 Å². The smallest absolute Gasteiger partial charge is 0.346 e. The van der Waals surface area contributed by atoms with Crippen molar-refractivity contribution in [3.05, 3.63) is 70.8 Å². The zero-order chi connectivity index (χ0) is 28.6. The van der Waals surface area contributed by atoms with Crippen LogP contribution in [0.25, 0.3) is 11.1 Å². The van der Waals surface area contributed by atoms with Crippen molar-refractivity contribution in [2.24, 2.45) is 0 Å². The van der Waals surface area contributed by atoms with Gasteiger partial charge in [0.15, 0.2) is 0 Å². The van der Waals surface area contributed by atoms with Gasteiger partial charge in [0.25, 0.3) is 0 Å². The van der Waals surface area contributed by atoms with Gasteiger partial charge in [-0.2, -0.15) is 13.2 Å². The lowest BCUT2D eigenvalue weighted by molar-refractivity contribution is -0.138. The number of benzene rings is 2. The van der Waals surface area contributed by atoms with Gasteiger partial charge in [-0.15, -0.1) is 0 Å². The Kier molecular flexibility index (Phi) is 10.9. The van der Waals surface area contributed by atoms with Gasteiger partial charge in [0, 0.05) is 0 Å². The summed E-state index contributed by atoms with van der Waals surface area (Å²) in [6, 6.07) is 6.06. The molecular formula is C28H33F5NO4P. The summed E-state index contributed by atoms with van der Waals surface area (Å²) in [5.41, 5.74) is 1.69. The number of hydrogen-bond donors (Lipinski definition) is 1. The first-order valence-corrected chi connectivity index (χ1v) is 14.7. The summed E-state index contributed by atoms with van der Waals surface area (Å²) in [5, 5.41) is 1.83. The van der Waals surface area contributed by atoms with Crippen molar-refractivity contribution in [3.8, 4) is 11.1 Å². The van der Waals surface area contributed by atoms with Gasteiger partial charge >= 0.3 is 13.8 Å². The Hall–Kier alpha value is -2.55. The molecular weight excluding hydrogens is 540 g/mol. The SMILES string of the molecule is CCCCOP(=O)(CC=CCc1cc(F)cc2c1-c1ccc(F)cc1C2C(=O)NCC(F)(F)F)OCCCC. The molecule has 0 spiro atoms. The first kappa shape index (κ1) is 31.0. The highest BCUT2D eigenvalue weighted by atomic mass is 31.2. The minimum Gasteiger partial charge on any atom is -0.346 e. The third kappa shape index (κ3) is 8.47. The van der Waals surface area contributed by atoms with E-state index in [0.717, 1.165) is 37.8 Å². The molecule has 0 aliphatic heterocycles. The van der Waals surface area contributed by atoms with E-state index in [9.17, 15) is 31.3 Å². The number of amides is 1. The number of fused-ring (bicyclic) bond motifs is 3. The van der Waals surface area contributed by atoms with E-state index in [2.05, 4.69) is 0 Å². The number of nitrogens with one attached hydrogen (secondary N) is 1. The zero-order valence-corrected chi connectivity index (χ0v) is 22.8. The maximum Gasteiger partial charge on any atom is 0.405 e. The topological polar surface area (TPSA) is 64.6 Å². The first-order chi connectivity index (χ1) is 18.5. The van der Waals surface area contributed by atoms with Gasteiger partial charge in [0.2, 0.25) is 5.91 Å². The van der Waals surface area contributed by atoms with Crippen molar-refractivity contribution < 1.29 is 40.4 Å². The summed E-state index contributed by atoms with van der Waals surface area (Å²) in [5.74, 6) is -3.65. The summed E-state index contributed by atoms with van der Waals surface area (Å²) in [6.07, 6.45) is 2.06. The van der Waals surface area contributed by atoms with Gasteiger partial charge in [-0.05, 0) is 71.3 Å². The number of alkyl halides is 3. The lowest BCUT2D eigenvalue weighted by atomic mass is 9.93. The van der Waals surface area contributed by atoms with Crippen molar-refractivity contribution in [1.29, 1.82) is 0 Å². The molecule has 0 saturated heterocycles. The monoisotopic (exact) mass is 573 g/mol. The fourth-order valence-corrected chi connectivity index (χ4v) is 5.90. The molecule has 1 aliphatic rings. The van der Waals surface area contributed by atoms with Crippen LogP contribution in [0.3, 0.4) is 0 Å². The van der Waals surface area contributed by atoms with Crippen LogP contribution in [-0.2, 0) is 24.8 Å². The number of allylic oxidation sites excluding steroid dienone is 2. The van der Waals surface area contributed by atoms with Crippen LogP contribution in [0.5, 0.6) is 0 Å². The molecule has 1 atom stereocenters. The highest BCUT2D eigenvalue weighted by Gasteiger charge is 2.38. The van der Waals surface area contributed by atoms with E-state index in [1.54, 1.807) is 12.2 Å². The normalized spacial score (nSPS) is 15.0. The van der Waals surface area contributed by atoms with E-state index in [4.69, 9.17) is 9.05 Å². The average Bonchev–Trinajstić information content (AvgIpc) is 3.18. The molecule has 3 rings (SSSR count). The standard InChI is InChI=1S/C28H33F5NO4P/c1-3-5-12-37-39(36,38-13-6-4-2)14-8-7-9-19-15-21(30)17-24-25(19)22-11-10-20(29)16-23(22)26(24)27(35)34-18-28(31,32)33/h7-8,10-11,15-17,26H,3-6,9,12-14,18H2,1-2H3,(H,34,35). The predicted octanol–water partition coefficient (Wildman–Crippen LogP) is 7.68. The summed E-state index contributed by atoms with van der Waals surface area (Å²) in [7, 11) is -3.38. The lowest BCUT2D eigenvalue weighted by Gasteiger charge is -2.17. The average molecular weight is 574 g/mol. The fraction of sp³-hybridized carbons (Fsp3) is 0.464. The van der Waals surface area contributed by atoms with Crippen LogP contribution in [-0.4, -0.2) is 38.0 Å². The summed E-state index contributed by atoms with van der Waals surface area (Å²) in [6.45, 7) is 3.02. The summed E-state index contributed by atoms with van der Waals surface area (Å²) in [4.78, 5) is 12.8. The third-order valence-electron chi connectivity index (χ3n) is 6.25. The number of halogens is 5. The van der Waals surface area contributed by atoms with Gasteiger partial charge in [-0.3, -0.25) is 9.36 Å². The molecule has 0 fully saturated rings. The second kappa shape index (κ2) is 13.7. The second-order valence-electron chi connectivity index (χ2n) is 9.37. The minimum atomic E-state index is -4.64. The largest absolute Gasteiger partial charge is 0.405 e. The molecule has 0 radical (unpaired) electrons. The second-order valence-corrected chi connectivity index (χ2v) is 11.5. The molecule has 39 heavy (non-hydrogen) atoms. The van der Waals surface area contributed by atoms with Crippen LogP contribution in [0.1, 0.15) is 62.1 Å². The van der Waals surface area contributed by atoms with Crippen molar-refractivity contribution in [2.75, 3.05) is 25.9 Å². The maximum atomic E-state index is 14.7. The molecule has 1 N–H and O–H groups in total.